The van der Waals surface area contributed by atoms with Crippen LogP contribution in [0.2, 0.25) is 0 Å². The average Bonchev–Trinajstić information content (AvgIpc) is 3.34. The summed E-state index contributed by atoms with van der Waals surface area (Å²) >= 11 is 0. The van der Waals surface area contributed by atoms with Crippen LogP contribution in [-0.2, 0) is 9.84 Å². The fourth-order valence-electron chi connectivity index (χ4n) is 7.28. The second-order valence-corrected chi connectivity index (χ2v) is 14.1. The number of rotatable bonds is 3. The third-order valence-electron chi connectivity index (χ3n) is 9.45. The number of sulfone groups is 1. The zero-order valence-electron chi connectivity index (χ0n) is 25.2. The molecule has 218 valence electrons. The van der Waals surface area contributed by atoms with Crippen molar-refractivity contribution in [1.82, 2.24) is 0 Å². The Morgan fingerprint density at radius 1 is 0.370 bits per heavy atom. The molecule has 8 aromatic carbocycles. The molecule has 0 radical (unpaired) electrons. The molecule has 0 N–H and O–H groups in total. The first-order chi connectivity index (χ1) is 22.5. The minimum absolute atomic E-state index is 0.398. The molecule has 46 heavy (non-hydrogen) atoms. The lowest BCUT2D eigenvalue weighted by Gasteiger charge is -2.13. The van der Waals surface area contributed by atoms with E-state index in [1.54, 1.807) is 6.07 Å². The summed E-state index contributed by atoms with van der Waals surface area (Å²) in [6.07, 6.45) is 0. The summed E-state index contributed by atoms with van der Waals surface area (Å²) in [6.45, 7) is 1.93. The van der Waals surface area contributed by atoms with Crippen LogP contribution in [0.3, 0.4) is 0 Å². The van der Waals surface area contributed by atoms with Gasteiger partial charge in [-0.05, 0) is 96.9 Å². The highest BCUT2D eigenvalue weighted by Gasteiger charge is 2.35. The van der Waals surface area contributed by atoms with Crippen LogP contribution in [0, 0.1) is 6.92 Å². The van der Waals surface area contributed by atoms with E-state index < -0.39 is 9.84 Å². The smallest absolute Gasteiger partial charge is 0.208 e. The number of aryl methyl sites for hydroxylation is 1. The molecule has 0 saturated heterocycles. The van der Waals surface area contributed by atoms with Gasteiger partial charge in [0, 0.05) is 16.7 Å². The lowest BCUT2D eigenvalue weighted by molar-refractivity contribution is 0.599. The highest BCUT2D eigenvalue weighted by molar-refractivity contribution is 7.92. The molecule has 0 saturated carbocycles. The molecule has 1 aliphatic heterocycles. The van der Waals surface area contributed by atoms with Crippen LogP contribution < -0.4 is 0 Å². The van der Waals surface area contributed by atoms with Crippen LogP contribution in [0.4, 0.5) is 0 Å². The second-order valence-electron chi connectivity index (χ2n) is 12.2. The van der Waals surface area contributed by atoms with E-state index in [1.165, 1.54) is 32.3 Å². The summed E-state index contributed by atoms with van der Waals surface area (Å²) in [5.41, 5.74) is 8.53. The molecule has 1 aliphatic rings. The van der Waals surface area contributed by atoms with E-state index in [0.29, 0.717) is 9.79 Å². The molecule has 0 fully saturated rings. The largest absolute Gasteiger partial charge is 0.218 e. The Labute approximate surface area is 268 Å². The highest BCUT2D eigenvalue weighted by Crippen LogP contribution is 2.48. The van der Waals surface area contributed by atoms with Gasteiger partial charge in [0.15, 0.2) is 0 Å². The third-order valence-corrected chi connectivity index (χ3v) is 11.3. The molecule has 1 heterocycles. The molecule has 2 nitrogen and oxygen atoms in total. The van der Waals surface area contributed by atoms with Crippen molar-refractivity contribution in [3.05, 3.63) is 157 Å². The predicted octanol–water partition coefficient (Wildman–Crippen LogP) is 11.3. The first-order valence-electron chi connectivity index (χ1n) is 15.5. The highest BCUT2D eigenvalue weighted by atomic mass is 32.2. The quantitative estimate of drug-likeness (QED) is 0.187. The van der Waals surface area contributed by atoms with E-state index in [-0.39, 0.29) is 0 Å². The van der Waals surface area contributed by atoms with E-state index >= 15 is 0 Å². The predicted molar refractivity (Wildman–Crippen MR) is 191 cm³/mol. The van der Waals surface area contributed by atoms with Gasteiger partial charge in [-0.25, -0.2) is 8.42 Å². The van der Waals surface area contributed by atoms with E-state index in [0.717, 1.165) is 50.1 Å². The van der Waals surface area contributed by atoms with Gasteiger partial charge < -0.3 is 0 Å². The minimum Gasteiger partial charge on any atom is -0.218 e. The van der Waals surface area contributed by atoms with Gasteiger partial charge in [-0.3, -0.25) is 0 Å². The monoisotopic (exact) mass is 608 g/mol. The van der Waals surface area contributed by atoms with Gasteiger partial charge in [0.1, 0.15) is 0 Å². The summed E-state index contributed by atoms with van der Waals surface area (Å²) in [5, 5.41) is 7.56. The van der Waals surface area contributed by atoms with Crippen molar-refractivity contribution >= 4 is 42.2 Å². The standard InChI is InChI=1S/C43H28O2S/c1-27-19-21-39-40-18-8-17-33(43(40)46(44,45)42(39)23-27)32-12-7-11-30(25-32)28-9-6-10-29(24-28)31-20-22-38-36-15-3-2-13-34(36)35-14-4-5-16-37(35)41(38)26-31/h2-26H,1H3. The Balaban J connectivity index is 1.16. The lowest BCUT2D eigenvalue weighted by atomic mass is 9.91. The Morgan fingerprint density at radius 2 is 0.870 bits per heavy atom. The molecule has 8 aromatic rings. The third kappa shape index (κ3) is 3.99. The van der Waals surface area contributed by atoms with Crippen LogP contribution in [-0.4, -0.2) is 8.42 Å². The fourth-order valence-corrected chi connectivity index (χ4v) is 9.25. The molecular weight excluding hydrogens is 581 g/mol. The van der Waals surface area contributed by atoms with E-state index in [9.17, 15) is 8.42 Å². The van der Waals surface area contributed by atoms with Gasteiger partial charge in [0.2, 0.25) is 9.84 Å². The summed E-state index contributed by atoms with van der Waals surface area (Å²) in [5.74, 6) is 0. The van der Waals surface area contributed by atoms with Gasteiger partial charge in [0.25, 0.3) is 0 Å². The zero-order chi connectivity index (χ0) is 31.0. The molecule has 0 spiro atoms. The van der Waals surface area contributed by atoms with Gasteiger partial charge in [0.05, 0.1) is 9.79 Å². The first kappa shape index (κ1) is 26.9. The zero-order valence-corrected chi connectivity index (χ0v) is 26.0. The molecule has 9 rings (SSSR count). The van der Waals surface area contributed by atoms with Crippen LogP contribution in [0.25, 0.3) is 76.8 Å². The average molecular weight is 609 g/mol. The molecule has 0 aliphatic carbocycles. The van der Waals surface area contributed by atoms with E-state index in [4.69, 9.17) is 0 Å². The SMILES string of the molecule is Cc1ccc2c(c1)S(=O)(=O)c1c(-c3cccc(-c4cccc(-c5ccc6c7ccccc7c7ccccc7c6c5)c4)c3)cccc1-2. The van der Waals surface area contributed by atoms with Crippen molar-refractivity contribution in [3.8, 4) is 44.5 Å². The second kappa shape index (κ2) is 10.00. The van der Waals surface area contributed by atoms with Gasteiger partial charge in [-0.2, -0.15) is 0 Å². The molecular formula is C43H28O2S. The minimum atomic E-state index is -3.63. The first-order valence-corrected chi connectivity index (χ1v) is 17.0. The molecule has 0 amide bonds. The van der Waals surface area contributed by atoms with Crippen molar-refractivity contribution in [1.29, 1.82) is 0 Å². The van der Waals surface area contributed by atoms with E-state index in [1.807, 2.05) is 49.4 Å². The van der Waals surface area contributed by atoms with Crippen molar-refractivity contribution in [3.63, 3.8) is 0 Å². The van der Waals surface area contributed by atoms with Crippen molar-refractivity contribution in [2.45, 2.75) is 16.7 Å². The Bertz CT molecular complexity index is 2630. The number of benzene rings is 8. The number of fused-ring (bicyclic) bond motifs is 9. The van der Waals surface area contributed by atoms with Gasteiger partial charge in [-0.15, -0.1) is 0 Å². The normalized spacial score (nSPS) is 13.2. The maximum atomic E-state index is 13.8. The van der Waals surface area contributed by atoms with Crippen molar-refractivity contribution in [2.75, 3.05) is 0 Å². The Hall–Kier alpha value is -5.51. The maximum Gasteiger partial charge on any atom is 0.208 e. The summed E-state index contributed by atoms with van der Waals surface area (Å²) in [4.78, 5) is 0.799. The summed E-state index contributed by atoms with van der Waals surface area (Å²) in [7, 11) is -3.63. The molecule has 0 bridgehead atoms. The van der Waals surface area contributed by atoms with Crippen LogP contribution in [0.5, 0.6) is 0 Å². The topological polar surface area (TPSA) is 34.1 Å². The van der Waals surface area contributed by atoms with Gasteiger partial charge >= 0.3 is 0 Å². The van der Waals surface area contributed by atoms with Gasteiger partial charge in [-0.1, -0.05) is 127 Å². The Kier molecular flexibility index (Phi) is 5.84. The van der Waals surface area contributed by atoms with E-state index in [2.05, 4.69) is 103 Å². The Morgan fingerprint density at radius 3 is 1.52 bits per heavy atom. The molecule has 0 atom stereocenters. The van der Waals surface area contributed by atoms with Crippen LogP contribution >= 0.6 is 0 Å². The lowest BCUT2D eigenvalue weighted by Crippen LogP contribution is -1.99. The molecule has 0 aromatic heterocycles. The van der Waals surface area contributed by atoms with Crippen molar-refractivity contribution in [2.24, 2.45) is 0 Å². The fraction of sp³-hybridized carbons (Fsp3) is 0.0233. The summed E-state index contributed by atoms with van der Waals surface area (Å²) in [6, 6.07) is 52.4. The molecule has 0 unspecified atom stereocenters. The van der Waals surface area contributed by atoms with Crippen molar-refractivity contribution < 1.29 is 8.42 Å². The van der Waals surface area contributed by atoms with Crippen LogP contribution in [0.1, 0.15) is 5.56 Å². The number of hydrogen-bond acceptors (Lipinski definition) is 2. The summed E-state index contributed by atoms with van der Waals surface area (Å²) < 4.78 is 27.7. The molecule has 3 heteroatoms. The maximum absolute atomic E-state index is 13.8. The van der Waals surface area contributed by atoms with Crippen LogP contribution in [0.15, 0.2) is 161 Å². The number of hydrogen-bond donors (Lipinski definition) is 0.